The van der Waals surface area contributed by atoms with Crippen molar-refractivity contribution < 1.29 is 0 Å². The van der Waals surface area contributed by atoms with E-state index in [0.717, 1.165) is 31.3 Å². The van der Waals surface area contributed by atoms with Crippen molar-refractivity contribution in [2.24, 2.45) is 17.3 Å². The van der Waals surface area contributed by atoms with Gasteiger partial charge in [-0.25, -0.2) is 0 Å². The van der Waals surface area contributed by atoms with Gasteiger partial charge in [-0.15, -0.1) is 0 Å². The number of hydrogen-bond acceptors (Lipinski definition) is 1. The van der Waals surface area contributed by atoms with Crippen molar-refractivity contribution in [3.05, 3.63) is 77.4 Å². The molecule has 2 aromatic rings. The van der Waals surface area contributed by atoms with Gasteiger partial charge in [0.2, 0.25) is 0 Å². The summed E-state index contributed by atoms with van der Waals surface area (Å²) in [5.74, 6) is 2.25. The van der Waals surface area contributed by atoms with Crippen molar-refractivity contribution in [2.45, 2.75) is 78.6 Å². The van der Waals surface area contributed by atoms with E-state index in [0.29, 0.717) is 11.3 Å². The number of piperidine rings is 1. The lowest BCUT2D eigenvalue weighted by molar-refractivity contribution is 0.0587. The first-order valence-corrected chi connectivity index (χ1v) is 13.0. The normalized spacial score (nSPS) is 23.0. The Morgan fingerprint density at radius 2 is 1.75 bits per heavy atom. The summed E-state index contributed by atoms with van der Waals surface area (Å²) in [5.41, 5.74) is 7.64. The molecule has 1 saturated carbocycles. The quantitative estimate of drug-likeness (QED) is 0.448. The number of nitrogens with zero attached hydrogens (tertiary/aromatic N) is 1. The molecule has 2 unspecified atom stereocenters. The summed E-state index contributed by atoms with van der Waals surface area (Å²) in [6, 6.07) is 18.4. The Kier molecular flexibility index (Phi) is 7.13. The maximum atomic E-state index is 4.55. The van der Waals surface area contributed by atoms with Crippen LogP contribution in [0.2, 0.25) is 0 Å². The summed E-state index contributed by atoms with van der Waals surface area (Å²) in [7, 11) is 0. The van der Waals surface area contributed by atoms with Gasteiger partial charge in [0.15, 0.2) is 0 Å². The van der Waals surface area contributed by atoms with E-state index >= 15 is 0 Å². The number of aryl methyl sites for hydroxylation is 1. The van der Waals surface area contributed by atoms with E-state index in [2.05, 4.69) is 87.7 Å². The highest BCUT2D eigenvalue weighted by molar-refractivity contribution is 5.63. The predicted octanol–water partition coefficient (Wildman–Crippen LogP) is 8.10. The molecule has 2 aliphatic rings. The Hall–Kier alpha value is -2.02. The number of benzene rings is 2. The lowest BCUT2D eigenvalue weighted by Gasteiger charge is -2.49. The second-order valence-electron chi connectivity index (χ2n) is 11.2. The molecule has 0 amide bonds. The maximum absolute atomic E-state index is 4.55. The fourth-order valence-corrected chi connectivity index (χ4v) is 6.59. The van der Waals surface area contributed by atoms with Gasteiger partial charge in [-0.1, -0.05) is 76.7 Å². The fourth-order valence-electron chi connectivity index (χ4n) is 6.59. The van der Waals surface area contributed by atoms with E-state index in [4.69, 9.17) is 0 Å². The Morgan fingerprint density at radius 1 is 1.03 bits per heavy atom. The topological polar surface area (TPSA) is 3.24 Å². The molecule has 1 heterocycles. The van der Waals surface area contributed by atoms with Gasteiger partial charge in [-0.05, 0) is 96.4 Å². The first-order valence-electron chi connectivity index (χ1n) is 13.0. The van der Waals surface area contributed by atoms with Crippen molar-refractivity contribution in [1.82, 2.24) is 4.90 Å². The molecule has 172 valence electrons. The van der Waals surface area contributed by atoms with Crippen LogP contribution in [0.5, 0.6) is 0 Å². The molecule has 0 radical (unpaired) electrons. The summed E-state index contributed by atoms with van der Waals surface area (Å²) in [4.78, 5) is 2.57. The van der Waals surface area contributed by atoms with Crippen molar-refractivity contribution in [3.8, 4) is 0 Å². The average Bonchev–Trinajstić information content (AvgIpc) is 2.79. The van der Waals surface area contributed by atoms with Crippen LogP contribution in [0.25, 0.3) is 5.70 Å². The van der Waals surface area contributed by atoms with Gasteiger partial charge in [-0.3, -0.25) is 0 Å². The van der Waals surface area contributed by atoms with Gasteiger partial charge in [-0.2, -0.15) is 0 Å². The van der Waals surface area contributed by atoms with Crippen LogP contribution in [0.4, 0.5) is 0 Å². The standard InChI is InChI=1S/C31H43N/c1-6-26-20-28(12-13-29(26)18-23(2)3)25(5)32-16-14-31(15-17-32)21-24(4)19-30(22-31)27-10-8-7-9-11-27/h7-13,20,23-24,30H,5-6,14-19,21-22H2,1-4H3. The van der Waals surface area contributed by atoms with Crippen molar-refractivity contribution in [3.63, 3.8) is 0 Å². The highest BCUT2D eigenvalue weighted by Gasteiger charge is 2.41. The molecule has 32 heavy (non-hydrogen) atoms. The van der Waals surface area contributed by atoms with Gasteiger partial charge < -0.3 is 4.90 Å². The average molecular weight is 430 g/mol. The van der Waals surface area contributed by atoms with Crippen LogP contribution in [-0.2, 0) is 12.8 Å². The summed E-state index contributed by atoms with van der Waals surface area (Å²) in [5, 5.41) is 0. The minimum atomic E-state index is 0.519. The zero-order chi connectivity index (χ0) is 22.7. The van der Waals surface area contributed by atoms with E-state index in [1.165, 1.54) is 60.9 Å². The Morgan fingerprint density at radius 3 is 2.41 bits per heavy atom. The Labute approximate surface area is 196 Å². The summed E-state index contributed by atoms with van der Waals surface area (Å²) < 4.78 is 0. The molecular formula is C31H43N. The molecule has 2 fully saturated rings. The molecule has 1 heteroatoms. The zero-order valence-corrected chi connectivity index (χ0v) is 20.9. The monoisotopic (exact) mass is 429 g/mol. The molecule has 1 saturated heterocycles. The molecule has 1 aliphatic heterocycles. The fraction of sp³-hybridized carbons (Fsp3) is 0.548. The largest absolute Gasteiger partial charge is 0.371 e. The molecule has 1 nitrogen and oxygen atoms in total. The minimum Gasteiger partial charge on any atom is -0.371 e. The van der Waals surface area contributed by atoms with E-state index in [9.17, 15) is 0 Å². The second-order valence-corrected chi connectivity index (χ2v) is 11.2. The number of likely N-dealkylation sites (tertiary alicyclic amines) is 1. The minimum absolute atomic E-state index is 0.519. The van der Waals surface area contributed by atoms with E-state index < -0.39 is 0 Å². The van der Waals surface area contributed by atoms with Crippen molar-refractivity contribution >= 4 is 5.70 Å². The SMILES string of the molecule is C=C(c1ccc(CC(C)C)c(CC)c1)N1CCC2(CC1)CC(C)CC(c1ccccc1)C2. The van der Waals surface area contributed by atoms with E-state index in [-0.39, 0.29) is 0 Å². The Balaban J connectivity index is 1.43. The smallest absolute Gasteiger partial charge is 0.0366 e. The molecule has 0 N–H and O–H groups in total. The van der Waals surface area contributed by atoms with Crippen LogP contribution < -0.4 is 0 Å². The van der Waals surface area contributed by atoms with Crippen molar-refractivity contribution in [2.75, 3.05) is 13.1 Å². The van der Waals surface area contributed by atoms with Gasteiger partial charge >= 0.3 is 0 Å². The first-order chi connectivity index (χ1) is 15.4. The van der Waals surface area contributed by atoms with Gasteiger partial charge in [0.25, 0.3) is 0 Å². The molecule has 4 rings (SSSR count). The summed E-state index contributed by atoms with van der Waals surface area (Å²) >= 11 is 0. The molecule has 1 spiro atoms. The van der Waals surface area contributed by atoms with Crippen LogP contribution in [-0.4, -0.2) is 18.0 Å². The van der Waals surface area contributed by atoms with Crippen LogP contribution in [0, 0.1) is 17.3 Å². The second kappa shape index (κ2) is 9.86. The predicted molar refractivity (Wildman–Crippen MR) is 139 cm³/mol. The third-order valence-corrected chi connectivity index (χ3v) is 8.17. The van der Waals surface area contributed by atoms with Crippen molar-refractivity contribution in [1.29, 1.82) is 0 Å². The van der Waals surface area contributed by atoms with Crippen LogP contribution >= 0.6 is 0 Å². The number of rotatable bonds is 6. The van der Waals surface area contributed by atoms with Gasteiger partial charge in [0, 0.05) is 18.8 Å². The third kappa shape index (κ3) is 5.13. The van der Waals surface area contributed by atoms with E-state index in [1.54, 1.807) is 5.56 Å². The Bertz CT molecular complexity index is 901. The molecule has 1 aliphatic carbocycles. The first kappa shape index (κ1) is 23.1. The maximum Gasteiger partial charge on any atom is 0.0366 e. The van der Waals surface area contributed by atoms with Crippen LogP contribution in [0.3, 0.4) is 0 Å². The lowest BCUT2D eigenvalue weighted by Crippen LogP contribution is -2.42. The molecule has 2 atom stereocenters. The summed E-state index contributed by atoms with van der Waals surface area (Å²) in [6.45, 7) is 16.2. The lowest BCUT2D eigenvalue weighted by atomic mass is 9.60. The molecule has 2 aromatic carbocycles. The van der Waals surface area contributed by atoms with Crippen LogP contribution in [0.15, 0.2) is 55.1 Å². The summed E-state index contributed by atoms with van der Waals surface area (Å²) in [6.07, 6.45) is 9.02. The highest BCUT2D eigenvalue weighted by atomic mass is 15.1. The highest BCUT2D eigenvalue weighted by Crippen LogP contribution is 2.52. The zero-order valence-electron chi connectivity index (χ0n) is 20.9. The van der Waals surface area contributed by atoms with Crippen LogP contribution in [0.1, 0.15) is 88.0 Å². The molecular weight excluding hydrogens is 386 g/mol. The van der Waals surface area contributed by atoms with Gasteiger partial charge in [0.05, 0.1) is 0 Å². The van der Waals surface area contributed by atoms with Gasteiger partial charge in [0.1, 0.15) is 0 Å². The molecule has 0 bridgehead atoms. The number of hydrogen-bond donors (Lipinski definition) is 0. The third-order valence-electron chi connectivity index (χ3n) is 8.17. The van der Waals surface area contributed by atoms with E-state index in [1.807, 2.05) is 0 Å². The molecule has 0 aromatic heterocycles.